The molecule has 1 saturated carbocycles. The van der Waals surface area contributed by atoms with E-state index in [4.69, 9.17) is 4.42 Å². The summed E-state index contributed by atoms with van der Waals surface area (Å²) in [7, 11) is 0. The molecule has 154 valence electrons. The molecule has 3 aromatic rings. The first-order chi connectivity index (χ1) is 14.1. The van der Waals surface area contributed by atoms with E-state index < -0.39 is 0 Å². The van der Waals surface area contributed by atoms with Gasteiger partial charge in [0, 0.05) is 6.04 Å². The molecule has 1 aliphatic rings. The predicted octanol–water partition coefficient (Wildman–Crippen LogP) is 5.24. The lowest BCUT2D eigenvalue weighted by Crippen LogP contribution is -2.38. The van der Waals surface area contributed by atoms with Gasteiger partial charge in [0.25, 0.3) is 0 Å². The van der Waals surface area contributed by atoms with E-state index in [1.165, 1.54) is 24.0 Å². The van der Waals surface area contributed by atoms with Crippen molar-refractivity contribution in [1.29, 1.82) is 0 Å². The molecule has 4 nitrogen and oxygen atoms in total. The molecule has 1 heterocycles. The highest BCUT2D eigenvalue weighted by molar-refractivity contribution is 5.76. The van der Waals surface area contributed by atoms with Crippen LogP contribution < -0.4 is 5.76 Å². The molecule has 29 heavy (non-hydrogen) atoms. The van der Waals surface area contributed by atoms with Crippen LogP contribution in [-0.2, 0) is 6.42 Å². The van der Waals surface area contributed by atoms with Crippen molar-refractivity contribution < 1.29 is 8.81 Å². The third-order valence-corrected chi connectivity index (χ3v) is 6.37. The van der Waals surface area contributed by atoms with Gasteiger partial charge in [-0.2, -0.15) is 0 Å². The number of aromatic nitrogens is 1. The Hall–Kier alpha value is -2.40. The maximum atomic E-state index is 13.0. The Bertz CT molecular complexity index is 984. The van der Waals surface area contributed by atoms with E-state index >= 15 is 0 Å². The number of hydrogen-bond donors (Lipinski definition) is 1. The number of fused-ring (bicyclic) bond motifs is 1. The number of hydrogen-bond acceptors (Lipinski definition) is 3. The quantitative estimate of drug-likeness (QED) is 0.594. The third kappa shape index (κ3) is 4.61. The lowest BCUT2D eigenvalue weighted by molar-refractivity contribution is 0.155. The number of halogens is 1. The fraction of sp³-hybridized carbons (Fsp3) is 0.458. The summed E-state index contributed by atoms with van der Waals surface area (Å²) in [5.41, 5.74) is 3.94. The van der Waals surface area contributed by atoms with Gasteiger partial charge in [0.2, 0.25) is 0 Å². The smallest absolute Gasteiger partial charge is 0.408 e. The van der Waals surface area contributed by atoms with Crippen molar-refractivity contribution in [3.8, 4) is 0 Å². The van der Waals surface area contributed by atoms with Crippen LogP contribution in [0.1, 0.15) is 56.1 Å². The van der Waals surface area contributed by atoms with Gasteiger partial charge in [-0.15, -0.1) is 0 Å². The number of benzene rings is 2. The molecule has 1 aliphatic carbocycles. The average molecular weight is 397 g/mol. The number of aromatic amines is 1. The molecule has 0 aliphatic heterocycles. The van der Waals surface area contributed by atoms with E-state index in [-0.39, 0.29) is 11.6 Å². The first-order valence-electron chi connectivity index (χ1n) is 10.7. The van der Waals surface area contributed by atoms with Crippen molar-refractivity contribution in [1.82, 2.24) is 9.88 Å². The van der Waals surface area contributed by atoms with Crippen molar-refractivity contribution in [3.05, 3.63) is 70.0 Å². The van der Waals surface area contributed by atoms with Gasteiger partial charge in [0.1, 0.15) is 5.82 Å². The van der Waals surface area contributed by atoms with Crippen LogP contribution in [0.5, 0.6) is 0 Å². The number of nitrogens with zero attached hydrogens (tertiary/aromatic N) is 1. The lowest BCUT2D eigenvalue weighted by Gasteiger charge is -2.36. The Kier molecular flexibility index (Phi) is 6.14. The number of H-pyrrole nitrogens is 1. The SMILES string of the molecule is CCN(CCCc1ccc(F)cc1)C1CCC(c2cccc3oc(=O)[nH]c23)CC1. The Morgan fingerprint density at radius 1 is 1.10 bits per heavy atom. The Morgan fingerprint density at radius 2 is 1.86 bits per heavy atom. The monoisotopic (exact) mass is 396 g/mol. The zero-order valence-corrected chi connectivity index (χ0v) is 17.0. The summed E-state index contributed by atoms with van der Waals surface area (Å²) in [6, 6.07) is 13.4. The van der Waals surface area contributed by atoms with E-state index in [0.29, 0.717) is 17.5 Å². The van der Waals surface area contributed by atoms with E-state index in [1.54, 1.807) is 12.1 Å². The van der Waals surface area contributed by atoms with Crippen molar-refractivity contribution in [3.63, 3.8) is 0 Å². The first kappa shape index (κ1) is 19.9. The van der Waals surface area contributed by atoms with Gasteiger partial charge in [-0.05, 0) is 86.9 Å². The van der Waals surface area contributed by atoms with Crippen LogP contribution >= 0.6 is 0 Å². The van der Waals surface area contributed by atoms with Crippen molar-refractivity contribution in [2.75, 3.05) is 13.1 Å². The van der Waals surface area contributed by atoms with Crippen LogP contribution in [0, 0.1) is 5.82 Å². The molecule has 0 amide bonds. The first-order valence-corrected chi connectivity index (χ1v) is 10.7. The second kappa shape index (κ2) is 8.95. The second-order valence-corrected chi connectivity index (χ2v) is 8.10. The molecule has 1 N–H and O–H groups in total. The summed E-state index contributed by atoms with van der Waals surface area (Å²) in [5.74, 6) is -0.0727. The summed E-state index contributed by atoms with van der Waals surface area (Å²) in [6.07, 6.45) is 6.69. The maximum Gasteiger partial charge on any atom is 0.417 e. The summed E-state index contributed by atoms with van der Waals surface area (Å²) < 4.78 is 18.3. The molecular weight excluding hydrogens is 367 g/mol. The van der Waals surface area contributed by atoms with Gasteiger partial charge >= 0.3 is 5.76 Å². The second-order valence-electron chi connectivity index (χ2n) is 8.10. The van der Waals surface area contributed by atoms with E-state index in [9.17, 15) is 9.18 Å². The van der Waals surface area contributed by atoms with Crippen molar-refractivity contribution in [2.45, 2.75) is 57.4 Å². The minimum atomic E-state index is -0.376. The highest BCUT2D eigenvalue weighted by Gasteiger charge is 2.27. The molecule has 0 unspecified atom stereocenters. The molecule has 5 heteroatoms. The molecule has 0 bridgehead atoms. The van der Waals surface area contributed by atoms with Gasteiger partial charge < -0.3 is 9.32 Å². The standard InChI is InChI=1S/C24H29FN2O2/c1-2-27(16-4-5-17-8-12-19(25)13-9-17)20-14-10-18(11-15-20)21-6-3-7-22-23(21)26-24(28)29-22/h3,6-9,12-13,18,20H,2,4-5,10-11,14-16H2,1H3,(H,26,28). The fourth-order valence-corrected chi connectivity index (χ4v) is 4.82. The minimum absolute atomic E-state index is 0.170. The van der Waals surface area contributed by atoms with Crippen LogP contribution in [0.15, 0.2) is 51.7 Å². The van der Waals surface area contributed by atoms with Crippen LogP contribution in [0.25, 0.3) is 11.1 Å². The summed E-state index contributed by atoms with van der Waals surface area (Å²) in [6.45, 7) is 4.37. The molecular formula is C24H29FN2O2. The van der Waals surface area contributed by atoms with Gasteiger partial charge in [0.05, 0.1) is 5.52 Å². The van der Waals surface area contributed by atoms with Crippen molar-refractivity contribution in [2.24, 2.45) is 0 Å². The van der Waals surface area contributed by atoms with Crippen LogP contribution in [0.3, 0.4) is 0 Å². The number of nitrogens with one attached hydrogen (secondary N) is 1. The van der Waals surface area contributed by atoms with Gasteiger partial charge in [-0.3, -0.25) is 4.98 Å². The average Bonchev–Trinajstić information content (AvgIpc) is 3.13. The molecule has 1 fully saturated rings. The van der Waals surface area contributed by atoms with Crippen LogP contribution in [0.4, 0.5) is 4.39 Å². The normalized spacial score (nSPS) is 19.8. The fourth-order valence-electron chi connectivity index (χ4n) is 4.82. The maximum absolute atomic E-state index is 13.0. The van der Waals surface area contributed by atoms with Gasteiger partial charge in [0.15, 0.2) is 5.58 Å². The molecule has 0 saturated heterocycles. The molecule has 0 spiro atoms. The largest absolute Gasteiger partial charge is 0.417 e. The zero-order valence-electron chi connectivity index (χ0n) is 17.0. The minimum Gasteiger partial charge on any atom is -0.408 e. The van der Waals surface area contributed by atoms with E-state index in [0.717, 1.165) is 44.3 Å². The van der Waals surface area contributed by atoms with Gasteiger partial charge in [-0.1, -0.05) is 31.2 Å². The number of para-hydroxylation sites is 1. The van der Waals surface area contributed by atoms with E-state index in [1.807, 2.05) is 24.3 Å². The zero-order chi connectivity index (χ0) is 20.2. The Morgan fingerprint density at radius 3 is 2.59 bits per heavy atom. The highest BCUT2D eigenvalue weighted by Crippen LogP contribution is 2.37. The molecule has 0 atom stereocenters. The topological polar surface area (TPSA) is 49.2 Å². The molecule has 2 aromatic carbocycles. The van der Waals surface area contributed by atoms with Crippen LogP contribution in [-0.4, -0.2) is 29.0 Å². The molecule has 1 aromatic heterocycles. The lowest BCUT2D eigenvalue weighted by atomic mass is 9.80. The van der Waals surface area contributed by atoms with E-state index in [2.05, 4.69) is 22.9 Å². The number of rotatable bonds is 7. The molecule has 0 radical (unpaired) electrons. The van der Waals surface area contributed by atoms with Crippen LogP contribution in [0.2, 0.25) is 0 Å². The highest BCUT2D eigenvalue weighted by atomic mass is 19.1. The Labute approximate surface area is 170 Å². The predicted molar refractivity (Wildman–Crippen MR) is 114 cm³/mol. The summed E-state index contributed by atoms with van der Waals surface area (Å²) in [4.78, 5) is 17.0. The third-order valence-electron chi connectivity index (χ3n) is 6.37. The summed E-state index contributed by atoms with van der Waals surface area (Å²) >= 11 is 0. The van der Waals surface area contributed by atoms with Crippen molar-refractivity contribution >= 4 is 11.1 Å². The summed E-state index contributed by atoms with van der Waals surface area (Å²) in [5, 5.41) is 0. The molecule has 4 rings (SSSR count). The number of oxazole rings is 1. The number of aryl methyl sites for hydroxylation is 1. The van der Waals surface area contributed by atoms with Gasteiger partial charge in [-0.25, -0.2) is 9.18 Å². The Balaban J connectivity index is 1.32.